The average molecular weight is 266 g/mol. The molecule has 2 rings (SSSR count). The second kappa shape index (κ2) is 7.64. The molecule has 2 fully saturated rings. The van der Waals surface area contributed by atoms with Crippen LogP contribution >= 0.6 is 0 Å². The zero-order valence-electron chi connectivity index (χ0n) is 13.3. The van der Waals surface area contributed by atoms with Crippen molar-refractivity contribution in [2.45, 2.75) is 90.3 Å². The fourth-order valence-corrected chi connectivity index (χ4v) is 4.30. The van der Waals surface area contributed by atoms with E-state index in [1.54, 1.807) is 0 Å². The van der Waals surface area contributed by atoms with Crippen molar-refractivity contribution in [3.8, 4) is 0 Å². The molecule has 0 aromatic carbocycles. The van der Waals surface area contributed by atoms with Crippen molar-refractivity contribution in [1.29, 1.82) is 0 Å². The first-order valence-electron chi connectivity index (χ1n) is 8.79. The van der Waals surface area contributed by atoms with Gasteiger partial charge in [-0.1, -0.05) is 40.0 Å². The van der Waals surface area contributed by atoms with E-state index >= 15 is 0 Å². The second-order valence-corrected chi connectivity index (χ2v) is 6.65. The summed E-state index contributed by atoms with van der Waals surface area (Å²) in [5.74, 6) is 0.975. The topological polar surface area (TPSA) is 15.3 Å². The van der Waals surface area contributed by atoms with Gasteiger partial charge < -0.3 is 5.32 Å². The third-order valence-corrected chi connectivity index (χ3v) is 5.54. The third kappa shape index (κ3) is 3.72. The van der Waals surface area contributed by atoms with Crippen molar-refractivity contribution in [1.82, 2.24) is 10.2 Å². The van der Waals surface area contributed by atoms with Crippen molar-refractivity contribution < 1.29 is 0 Å². The lowest BCUT2D eigenvalue weighted by atomic mass is 9.81. The van der Waals surface area contributed by atoms with Crippen LogP contribution in [-0.2, 0) is 0 Å². The van der Waals surface area contributed by atoms with Crippen LogP contribution in [0, 0.1) is 5.92 Å². The van der Waals surface area contributed by atoms with Gasteiger partial charge in [0.05, 0.1) is 0 Å². The molecule has 1 heterocycles. The van der Waals surface area contributed by atoms with Crippen LogP contribution in [0.2, 0.25) is 0 Å². The van der Waals surface area contributed by atoms with E-state index in [-0.39, 0.29) is 0 Å². The van der Waals surface area contributed by atoms with E-state index in [4.69, 9.17) is 0 Å². The highest BCUT2D eigenvalue weighted by Crippen LogP contribution is 2.32. The van der Waals surface area contributed by atoms with E-state index < -0.39 is 0 Å². The molecule has 1 saturated carbocycles. The van der Waals surface area contributed by atoms with E-state index in [0.29, 0.717) is 0 Å². The summed E-state index contributed by atoms with van der Waals surface area (Å²) >= 11 is 0. The van der Waals surface area contributed by atoms with Crippen LogP contribution in [0.15, 0.2) is 0 Å². The summed E-state index contributed by atoms with van der Waals surface area (Å²) in [5, 5.41) is 3.74. The van der Waals surface area contributed by atoms with Gasteiger partial charge in [-0.05, 0) is 38.0 Å². The van der Waals surface area contributed by atoms with Gasteiger partial charge in [0.2, 0.25) is 0 Å². The molecule has 0 bridgehead atoms. The first-order valence-corrected chi connectivity index (χ1v) is 8.79. The Balaban J connectivity index is 2.03. The monoisotopic (exact) mass is 266 g/mol. The Labute approximate surface area is 120 Å². The van der Waals surface area contributed by atoms with E-state index in [0.717, 1.165) is 24.0 Å². The molecule has 3 unspecified atom stereocenters. The molecule has 0 aromatic heterocycles. The Morgan fingerprint density at radius 1 is 1.05 bits per heavy atom. The molecule has 1 aliphatic carbocycles. The molecule has 3 atom stereocenters. The van der Waals surface area contributed by atoms with Crippen molar-refractivity contribution in [2.75, 3.05) is 13.1 Å². The maximum atomic E-state index is 3.74. The second-order valence-electron chi connectivity index (χ2n) is 6.65. The zero-order chi connectivity index (χ0) is 13.7. The largest absolute Gasteiger partial charge is 0.311 e. The van der Waals surface area contributed by atoms with Crippen LogP contribution in [0.5, 0.6) is 0 Å². The minimum atomic E-state index is 0.723. The molecule has 1 saturated heterocycles. The third-order valence-electron chi connectivity index (χ3n) is 5.54. The minimum Gasteiger partial charge on any atom is -0.311 e. The predicted molar refractivity (Wildman–Crippen MR) is 83.5 cm³/mol. The molecular formula is C17H34N2. The summed E-state index contributed by atoms with van der Waals surface area (Å²) in [6.07, 6.45) is 11.3. The summed E-state index contributed by atoms with van der Waals surface area (Å²) < 4.78 is 0. The van der Waals surface area contributed by atoms with Crippen LogP contribution in [0.3, 0.4) is 0 Å². The summed E-state index contributed by atoms with van der Waals surface area (Å²) in [5.41, 5.74) is 0. The van der Waals surface area contributed by atoms with Crippen LogP contribution in [-0.4, -0.2) is 36.1 Å². The van der Waals surface area contributed by atoms with Gasteiger partial charge in [0, 0.05) is 31.2 Å². The Hall–Kier alpha value is -0.0800. The highest BCUT2D eigenvalue weighted by molar-refractivity contribution is 4.91. The highest BCUT2D eigenvalue weighted by atomic mass is 15.3. The van der Waals surface area contributed by atoms with E-state index in [1.807, 2.05) is 0 Å². The quantitative estimate of drug-likeness (QED) is 0.814. The number of nitrogens with one attached hydrogen (secondary N) is 1. The highest BCUT2D eigenvalue weighted by Gasteiger charge is 2.34. The van der Waals surface area contributed by atoms with Crippen LogP contribution < -0.4 is 5.32 Å². The van der Waals surface area contributed by atoms with Crippen LogP contribution in [0.1, 0.15) is 72.1 Å². The molecule has 2 aliphatic rings. The van der Waals surface area contributed by atoms with E-state index in [9.17, 15) is 0 Å². The fourth-order valence-electron chi connectivity index (χ4n) is 4.30. The lowest BCUT2D eigenvalue weighted by Gasteiger charge is -2.47. The molecule has 2 nitrogen and oxygen atoms in total. The number of hydrogen-bond acceptors (Lipinski definition) is 2. The van der Waals surface area contributed by atoms with E-state index in [2.05, 4.69) is 31.0 Å². The van der Waals surface area contributed by atoms with E-state index in [1.165, 1.54) is 64.5 Å². The molecule has 0 radical (unpaired) electrons. The first-order chi connectivity index (χ1) is 9.30. The lowest BCUT2D eigenvalue weighted by molar-refractivity contribution is 0.0350. The van der Waals surface area contributed by atoms with Crippen molar-refractivity contribution in [2.24, 2.45) is 5.92 Å². The minimum absolute atomic E-state index is 0.723. The van der Waals surface area contributed by atoms with Gasteiger partial charge >= 0.3 is 0 Å². The summed E-state index contributed by atoms with van der Waals surface area (Å²) in [7, 11) is 0. The Bertz CT molecular complexity index is 248. The van der Waals surface area contributed by atoms with Crippen LogP contribution in [0.4, 0.5) is 0 Å². The number of hydrogen-bond donors (Lipinski definition) is 1. The first kappa shape index (κ1) is 15.3. The van der Waals surface area contributed by atoms with Gasteiger partial charge in [0.25, 0.3) is 0 Å². The molecule has 0 spiro atoms. The predicted octanol–water partition coefficient (Wildman–Crippen LogP) is 3.81. The van der Waals surface area contributed by atoms with Gasteiger partial charge in [0.15, 0.2) is 0 Å². The standard InChI is InChI=1S/C17H34N2/c1-4-15-13-19(16(5-2)12-18-15)17(6-3)14-10-8-7-9-11-14/h14-18H,4-13H2,1-3H3. The molecule has 1 aliphatic heterocycles. The molecular weight excluding hydrogens is 232 g/mol. The van der Waals surface area contributed by atoms with Crippen molar-refractivity contribution in [3.63, 3.8) is 0 Å². The van der Waals surface area contributed by atoms with Gasteiger partial charge in [-0.3, -0.25) is 4.90 Å². The smallest absolute Gasteiger partial charge is 0.0221 e. The summed E-state index contributed by atoms with van der Waals surface area (Å²) in [4.78, 5) is 2.89. The normalized spacial score (nSPS) is 32.4. The average Bonchev–Trinajstić information content (AvgIpc) is 2.49. The summed E-state index contributed by atoms with van der Waals surface area (Å²) in [6.45, 7) is 9.58. The number of rotatable bonds is 5. The Morgan fingerprint density at radius 3 is 2.37 bits per heavy atom. The summed E-state index contributed by atoms with van der Waals surface area (Å²) in [6, 6.07) is 2.34. The maximum absolute atomic E-state index is 3.74. The van der Waals surface area contributed by atoms with Crippen LogP contribution in [0.25, 0.3) is 0 Å². The Morgan fingerprint density at radius 2 is 1.79 bits per heavy atom. The number of nitrogens with zero attached hydrogens (tertiary/aromatic N) is 1. The van der Waals surface area contributed by atoms with Gasteiger partial charge in [0.1, 0.15) is 0 Å². The van der Waals surface area contributed by atoms with Gasteiger partial charge in [-0.15, -0.1) is 0 Å². The molecule has 0 amide bonds. The fraction of sp³-hybridized carbons (Fsp3) is 1.00. The number of piperazine rings is 1. The molecule has 0 aromatic rings. The zero-order valence-corrected chi connectivity index (χ0v) is 13.3. The van der Waals surface area contributed by atoms with Gasteiger partial charge in [-0.2, -0.15) is 0 Å². The molecule has 112 valence electrons. The van der Waals surface area contributed by atoms with Gasteiger partial charge in [-0.25, -0.2) is 0 Å². The molecule has 19 heavy (non-hydrogen) atoms. The lowest BCUT2D eigenvalue weighted by Crippen LogP contribution is -2.60. The SMILES string of the molecule is CCC1CN(C(CC)C2CCCCC2)C(CC)CN1. The van der Waals surface area contributed by atoms with Crippen molar-refractivity contribution in [3.05, 3.63) is 0 Å². The Kier molecular flexibility index (Phi) is 6.15. The molecule has 2 heteroatoms. The molecule has 1 N–H and O–H groups in total. The maximum Gasteiger partial charge on any atom is 0.0221 e. The van der Waals surface area contributed by atoms with Crippen molar-refractivity contribution >= 4 is 0 Å².